The molecule has 1 fully saturated rings. The van der Waals surface area contributed by atoms with Gasteiger partial charge < -0.3 is 10.1 Å². The van der Waals surface area contributed by atoms with Crippen LogP contribution in [0.4, 0.5) is 10.2 Å². The Balaban J connectivity index is 1.47. The van der Waals surface area contributed by atoms with Crippen LogP contribution < -0.4 is 10.1 Å². The lowest BCUT2D eigenvalue weighted by Crippen LogP contribution is -2.23. The number of rotatable bonds is 4. The van der Waals surface area contributed by atoms with Crippen LogP contribution in [0.25, 0.3) is 6.08 Å². The third-order valence-electron chi connectivity index (χ3n) is 6.13. The van der Waals surface area contributed by atoms with Gasteiger partial charge in [0.15, 0.2) is 11.6 Å². The van der Waals surface area contributed by atoms with Crippen LogP contribution in [0.3, 0.4) is 0 Å². The first-order chi connectivity index (χ1) is 15.8. The number of sulfone groups is 1. The average molecular weight is 469 g/mol. The standard InChI is InChI=1S/C24H25FN4O3S/c1-14-9-17-3-4-20(23(25)18(17)10-14)32-24-27-19(16-5-7-33(30,31)8-6-16)12-22(29-24)28-21-11-15(2)13-26-21/h3-4,10-12,16H,5-9,13H2,1-2H3,(H,26,27,28,29). The van der Waals surface area contributed by atoms with Gasteiger partial charge in [-0.05, 0) is 56.4 Å². The molecule has 0 amide bonds. The van der Waals surface area contributed by atoms with Crippen LogP contribution in [0.5, 0.6) is 11.8 Å². The maximum atomic E-state index is 15.1. The Hall–Kier alpha value is -3.07. The summed E-state index contributed by atoms with van der Waals surface area (Å²) >= 11 is 0. The summed E-state index contributed by atoms with van der Waals surface area (Å²) < 4.78 is 44.7. The molecule has 0 bridgehead atoms. The van der Waals surface area contributed by atoms with E-state index in [0.29, 0.717) is 42.3 Å². The second kappa shape index (κ2) is 8.37. The van der Waals surface area contributed by atoms with Crippen LogP contribution in [0.1, 0.15) is 49.4 Å². The number of halogens is 1. The van der Waals surface area contributed by atoms with Gasteiger partial charge in [0.2, 0.25) is 0 Å². The molecule has 1 saturated heterocycles. The van der Waals surface area contributed by atoms with Crippen molar-refractivity contribution in [1.29, 1.82) is 0 Å². The summed E-state index contributed by atoms with van der Waals surface area (Å²) in [4.78, 5) is 13.4. The van der Waals surface area contributed by atoms with Crippen molar-refractivity contribution < 1.29 is 17.5 Å². The number of ether oxygens (including phenoxy) is 1. The van der Waals surface area contributed by atoms with Crippen molar-refractivity contribution in [1.82, 2.24) is 9.97 Å². The predicted octanol–water partition coefficient (Wildman–Crippen LogP) is 4.43. The Morgan fingerprint density at radius 1 is 1.09 bits per heavy atom. The number of hydrogen-bond acceptors (Lipinski definition) is 7. The van der Waals surface area contributed by atoms with Gasteiger partial charge in [0, 0.05) is 17.5 Å². The van der Waals surface area contributed by atoms with Crippen molar-refractivity contribution in [3.05, 3.63) is 58.1 Å². The van der Waals surface area contributed by atoms with Gasteiger partial charge in [0.05, 0.1) is 23.7 Å². The summed E-state index contributed by atoms with van der Waals surface area (Å²) in [5.74, 6) is 0.987. The fourth-order valence-corrected chi connectivity index (χ4v) is 5.88. The monoisotopic (exact) mass is 468 g/mol. The van der Waals surface area contributed by atoms with Crippen molar-refractivity contribution >= 4 is 27.6 Å². The molecule has 1 N–H and O–H groups in total. The lowest BCUT2D eigenvalue weighted by Gasteiger charge is -2.22. The summed E-state index contributed by atoms with van der Waals surface area (Å²) in [5.41, 5.74) is 4.37. The molecule has 0 saturated carbocycles. The molecule has 33 heavy (non-hydrogen) atoms. The van der Waals surface area contributed by atoms with Crippen LogP contribution in [-0.4, -0.2) is 42.3 Å². The number of fused-ring (bicyclic) bond motifs is 1. The molecule has 7 nitrogen and oxygen atoms in total. The van der Waals surface area contributed by atoms with Crippen molar-refractivity contribution in [2.75, 3.05) is 23.4 Å². The van der Waals surface area contributed by atoms with Crippen molar-refractivity contribution in [3.63, 3.8) is 0 Å². The Morgan fingerprint density at radius 2 is 1.88 bits per heavy atom. The summed E-state index contributed by atoms with van der Waals surface area (Å²) in [6.07, 6.45) is 5.46. The fraction of sp³-hybridized carbons (Fsp3) is 0.375. The van der Waals surface area contributed by atoms with Gasteiger partial charge in [-0.15, -0.1) is 0 Å². The number of benzene rings is 1. The van der Waals surface area contributed by atoms with Gasteiger partial charge in [-0.25, -0.2) is 12.8 Å². The molecule has 1 aliphatic carbocycles. The average Bonchev–Trinajstić information content (AvgIpc) is 3.35. The second-order valence-corrected chi connectivity index (χ2v) is 11.2. The molecule has 1 aromatic heterocycles. The highest BCUT2D eigenvalue weighted by Crippen LogP contribution is 2.35. The number of aliphatic imine (C=N–C) groups is 1. The highest BCUT2D eigenvalue weighted by molar-refractivity contribution is 7.91. The zero-order chi connectivity index (χ0) is 23.2. The summed E-state index contributed by atoms with van der Waals surface area (Å²) in [5, 5.41) is 3.18. The number of nitrogens with zero attached hydrogens (tertiary/aromatic N) is 3. The molecular formula is C24H25FN4O3S. The predicted molar refractivity (Wildman–Crippen MR) is 126 cm³/mol. The smallest absolute Gasteiger partial charge is 0.324 e. The number of nitrogens with one attached hydrogen (secondary N) is 1. The van der Waals surface area contributed by atoms with Crippen LogP contribution in [0, 0.1) is 5.82 Å². The van der Waals surface area contributed by atoms with E-state index in [1.165, 1.54) is 0 Å². The van der Waals surface area contributed by atoms with E-state index < -0.39 is 15.7 Å². The van der Waals surface area contributed by atoms with Gasteiger partial charge in [0.1, 0.15) is 21.5 Å². The minimum absolute atomic E-state index is 0.0141. The SMILES string of the molecule is CC1=CC(Nc2cc(C3CCS(=O)(=O)CC3)nc(Oc3ccc4c(c3F)C=C(C)C4)n2)=NC1. The number of aromatic nitrogens is 2. The zero-order valence-corrected chi connectivity index (χ0v) is 19.4. The van der Waals surface area contributed by atoms with E-state index in [1.54, 1.807) is 12.1 Å². The molecule has 0 unspecified atom stereocenters. The Labute approximate surface area is 192 Å². The van der Waals surface area contributed by atoms with Crippen molar-refractivity contribution in [2.45, 2.75) is 39.0 Å². The van der Waals surface area contributed by atoms with Crippen LogP contribution >= 0.6 is 0 Å². The van der Waals surface area contributed by atoms with Crippen molar-refractivity contribution in [2.24, 2.45) is 4.99 Å². The van der Waals surface area contributed by atoms with Gasteiger partial charge in [-0.3, -0.25) is 4.99 Å². The number of allylic oxidation sites excluding steroid dienone is 1. The van der Waals surface area contributed by atoms with Gasteiger partial charge in [-0.1, -0.05) is 17.7 Å². The van der Waals surface area contributed by atoms with E-state index in [0.717, 1.165) is 23.1 Å². The quantitative estimate of drug-likeness (QED) is 0.714. The minimum atomic E-state index is -3.01. The molecule has 0 radical (unpaired) electrons. The maximum absolute atomic E-state index is 15.1. The molecule has 0 atom stereocenters. The van der Waals surface area contributed by atoms with Crippen LogP contribution in [-0.2, 0) is 16.3 Å². The lowest BCUT2D eigenvalue weighted by atomic mass is 9.98. The van der Waals surface area contributed by atoms with E-state index in [1.807, 2.05) is 32.1 Å². The molecule has 2 aliphatic heterocycles. The molecule has 1 aromatic carbocycles. The third kappa shape index (κ3) is 4.68. The minimum Gasteiger partial charge on any atom is -0.421 e. The van der Waals surface area contributed by atoms with E-state index in [-0.39, 0.29) is 29.2 Å². The second-order valence-electron chi connectivity index (χ2n) is 8.92. The molecular weight excluding hydrogens is 443 g/mol. The van der Waals surface area contributed by atoms with E-state index in [9.17, 15) is 8.42 Å². The summed E-state index contributed by atoms with van der Waals surface area (Å²) in [7, 11) is -3.01. The molecule has 5 rings (SSSR count). The molecule has 3 aliphatic rings. The largest absolute Gasteiger partial charge is 0.421 e. The van der Waals surface area contributed by atoms with Crippen LogP contribution in [0.15, 0.2) is 40.4 Å². The molecule has 3 heterocycles. The van der Waals surface area contributed by atoms with E-state index in [4.69, 9.17) is 4.74 Å². The van der Waals surface area contributed by atoms with Gasteiger partial charge in [-0.2, -0.15) is 9.97 Å². The molecule has 9 heteroatoms. The first-order valence-corrected chi connectivity index (χ1v) is 12.8. The summed E-state index contributed by atoms with van der Waals surface area (Å²) in [6.45, 7) is 4.58. The first-order valence-electron chi connectivity index (χ1n) is 11.0. The Bertz CT molecular complexity index is 1320. The third-order valence-corrected chi connectivity index (χ3v) is 7.85. The van der Waals surface area contributed by atoms with E-state index >= 15 is 4.39 Å². The number of hydrogen-bond donors (Lipinski definition) is 1. The highest BCUT2D eigenvalue weighted by Gasteiger charge is 2.27. The highest BCUT2D eigenvalue weighted by atomic mass is 32.2. The summed E-state index contributed by atoms with van der Waals surface area (Å²) in [6, 6.07) is 5.27. The number of anilines is 1. The van der Waals surface area contributed by atoms with Gasteiger partial charge >= 0.3 is 6.01 Å². The lowest BCUT2D eigenvalue weighted by molar-refractivity contribution is 0.406. The maximum Gasteiger partial charge on any atom is 0.324 e. The zero-order valence-electron chi connectivity index (χ0n) is 18.6. The number of amidine groups is 1. The topological polar surface area (TPSA) is 93.5 Å². The first kappa shape index (κ1) is 21.8. The van der Waals surface area contributed by atoms with E-state index in [2.05, 4.69) is 20.3 Å². The molecule has 2 aromatic rings. The van der Waals surface area contributed by atoms with Crippen LogP contribution in [0.2, 0.25) is 0 Å². The normalized spacial score (nSPS) is 19.5. The fourth-order valence-electron chi connectivity index (χ4n) is 4.39. The Kier molecular flexibility index (Phi) is 5.52. The molecule has 172 valence electrons. The van der Waals surface area contributed by atoms with Gasteiger partial charge in [0.25, 0.3) is 0 Å². The molecule has 0 spiro atoms. The Morgan fingerprint density at radius 3 is 2.61 bits per heavy atom. The van der Waals surface area contributed by atoms with Crippen molar-refractivity contribution in [3.8, 4) is 11.8 Å².